The zero-order valence-corrected chi connectivity index (χ0v) is 16.0. The van der Waals surface area contributed by atoms with Crippen LogP contribution in [-0.4, -0.2) is 60.4 Å². The molecule has 2 aromatic rings. The smallest absolute Gasteiger partial charge is 0.241 e. The van der Waals surface area contributed by atoms with Gasteiger partial charge in [0.25, 0.3) is 0 Å². The average Bonchev–Trinajstić information content (AvgIpc) is 3.11. The van der Waals surface area contributed by atoms with E-state index in [1.165, 1.54) is 12.1 Å². The highest BCUT2D eigenvalue weighted by molar-refractivity contribution is 5.96. The normalized spacial score (nSPS) is 22.9. The lowest BCUT2D eigenvalue weighted by atomic mass is 9.92. The first-order chi connectivity index (χ1) is 13.5. The van der Waals surface area contributed by atoms with E-state index in [4.69, 9.17) is 0 Å². The molecular formula is C22H24FN3O2. The molecule has 0 N–H and O–H groups in total. The summed E-state index contributed by atoms with van der Waals surface area (Å²) >= 11 is 0. The van der Waals surface area contributed by atoms with Crippen LogP contribution in [0.4, 0.5) is 10.1 Å². The van der Waals surface area contributed by atoms with Crippen molar-refractivity contribution >= 4 is 17.5 Å². The number of piperazine rings is 1. The van der Waals surface area contributed by atoms with Gasteiger partial charge in [0.05, 0.1) is 18.5 Å². The summed E-state index contributed by atoms with van der Waals surface area (Å²) in [5, 5.41) is 0. The maximum absolute atomic E-state index is 13.7. The number of nitrogens with zero attached hydrogens (tertiary/aromatic N) is 3. The number of rotatable bonds is 3. The summed E-state index contributed by atoms with van der Waals surface area (Å²) in [4.78, 5) is 31.0. The molecule has 146 valence electrons. The van der Waals surface area contributed by atoms with Crippen molar-refractivity contribution in [3.8, 4) is 0 Å². The highest BCUT2D eigenvalue weighted by Crippen LogP contribution is 2.33. The number of carbonyl (C=O) groups excluding carboxylic acids is 2. The minimum Gasteiger partial charge on any atom is -0.340 e. The number of carbonyl (C=O) groups is 2. The van der Waals surface area contributed by atoms with Crippen LogP contribution in [0, 0.1) is 5.82 Å². The second-order valence-electron chi connectivity index (χ2n) is 7.77. The van der Waals surface area contributed by atoms with E-state index < -0.39 is 0 Å². The standard InChI is InChI=1S/C22H24FN3O2/c1-24-14-21(28)26(19-9-5-8-18(23)13-19)16-22(24)10-11-25(15-22)20(27)12-17-6-3-2-4-7-17/h2-9,13H,10-12,14-16H2,1H3. The van der Waals surface area contributed by atoms with E-state index in [0.29, 0.717) is 31.7 Å². The molecule has 2 saturated heterocycles. The van der Waals surface area contributed by atoms with Crippen LogP contribution in [0.2, 0.25) is 0 Å². The van der Waals surface area contributed by atoms with Crippen molar-refractivity contribution in [2.24, 2.45) is 0 Å². The van der Waals surface area contributed by atoms with Crippen molar-refractivity contribution in [2.45, 2.75) is 18.4 Å². The Morgan fingerprint density at radius 2 is 1.89 bits per heavy atom. The maximum Gasteiger partial charge on any atom is 0.241 e. The zero-order chi connectivity index (χ0) is 19.7. The number of anilines is 1. The Morgan fingerprint density at radius 1 is 1.11 bits per heavy atom. The summed E-state index contributed by atoms with van der Waals surface area (Å²) in [6.45, 7) is 1.97. The average molecular weight is 381 g/mol. The third kappa shape index (κ3) is 3.52. The van der Waals surface area contributed by atoms with Gasteiger partial charge in [0.15, 0.2) is 0 Å². The molecule has 2 amide bonds. The molecule has 0 radical (unpaired) electrons. The fraction of sp³-hybridized carbons (Fsp3) is 0.364. The molecule has 2 aliphatic heterocycles. The minimum absolute atomic E-state index is 0.0483. The fourth-order valence-electron chi connectivity index (χ4n) is 4.23. The van der Waals surface area contributed by atoms with Crippen LogP contribution in [-0.2, 0) is 16.0 Å². The number of hydrogen-bond acceptors (Lipinski definition) is 3. The first kappa shape index (κ1) is 18.6. The minimum atomic E-state index is -0.357. The van der Waals surface area contributed by atoms with E-state index >= 15 is 0 Å². The zero-order valence-electron chi connectivity index (χ0n) is 16.0. The number of likely N-dealkylation sites (N-methyl/N-ethyl adjacent to an activating group) is 1. The van der Waals surface area contributed by atoms with E-state index in [0.717, 1.165) is 12.0 Å². The molecule has 0 saturated carbocycles. The van der Waals surface area contributed by atoms with Gasteiger partial charge < -0.3 is 9.80 Å². The highest BCUT2D eigenvalue weighted by Gasteiger charge is 2.48. The Hall–Kier alpha value is -2.73. The lowest BCUT2D eigenvalue weighted by Crippen LogP contribution is -2.64. The molecule has 0 bridgehead atoms. The van der Waals surface area contributed by atoms with Crippen molar-refractivity contribution in [3.05, 3.63) is 66.0 Å². The predicted octanol–water partition coefficient (Wildman–Crippen LogP) is 2.32. The molecule has 2 fully saturated rings. The van der Waals surface area contributed by atoms with Gasteiger partial charge in [-0.3, -0.25) is 14.5 Å². The van der Waals surface area contributed by atoms with Crippen LogP contribution >= 0.6 is 0 Å². The topological polar surface area (TPSA) is 43.9 Å². The van der Waals surface area contributed by atoms with Crippen molar-refractivity contribution in [1.29, 1.82) is 0 Å². The van der Waals surface area contributed by atoms with Gasteiger partial charge in [0, 0.05) is 25.3 Å². The van der Waals surface area contributed by atoms with Crippen molar-refractivity contribution in [1.82, 2.24) is 9.80 Å². The van der Waals surface area contributed by atoms with Crippen molar-refractivity contribution in [3.63, 3.8) is 0 Å². The van der Waals surface area contributed by atoms with Gasteiger partial charge in [-0.25, -0.2) is 4.39 Å². The van der Waals surface area contributed by atoms with Crippen LogP contribution in [0.1, 0.15) is 12.0 Å². The Balaban J connectivity index is 1.50. The summed E-state index contributed by atoms with van der Waals surface area (Å²) in [6.07, 6.45) is 1.18. The molecule has 1 unspecified atom stereocenters. The number of benzene rings is 2. The quantitative estimate of drug-likeness (QED) is 0.820. The third-order valence-electron chi connectivity index (χ3n) is 5.94. The van der Waals surface area contributed by atoms with Crippen LogP contribution < -0.4 is 4.90 Å². The first-order valence-electron chi connectivity index (χ1n) is 9.56. The molecular weight excluding hydrogens is 357 g/mol. The summed E-state index contributed by atoms with van der Waals surface area (Å²) in [5.74, 6) is -0.303. The van der Waals surface area contributed by atoms with E-state index in [-0.39, 0.29) is 29.7 Å². The molecule has 1 spiro atoms. The lowest BCUT2D eigenvalue weighted by Gasteiger charge is -2.46. The Kier molecular flexibility index (Phi) is 4.89. The van der Waals surface area contributed by atoms with E-state index in [1.54, 1.807) is 17.0 Å². The van der Waals surface area contributed by atoms with Crippen LogP contribution in [0.3, 0.4) is 0 Å². The molecule has 2 aliphatic rings. The van der Waals surface area contributed by atoms with Crippen LogP contribution in [0.15, 0.2) is 54.6 Å². The van der Waals surface area contributed by atoms with Gasteiger partial charge >= 0.3 is 0 Å². The summed E-state index contributed by atoms with van der Waals surface area (Å²) in [5.41, 5.74) is 1.28. The SMILES string of the molecule is CN1CC(=O)N(c2cccc(F)c2)CC12CCN(C(=O)Cc1ccccc1)C2. The van der Waals surface area contributed by atoms with E-state index in [9.17, 15) is 14.0 Å². The maximum atomic E-state index is 13.7. The Bertz CT molecular complexity index is 888. The number of likely N-dealkylation sites (tertiary alicyclic amines) is 1. The van der Waals surface area contributed by atoms with Crippen molar-refractivity contribution in [2.75, 3.05) is 38.1 Å². The second-order valence-corrected chi connectivity index (χ2v) is 7.77. The largest absolute Gasteiger partial charge is 0.340 e. The molecule has 0 aromatic heterocycles. The molecule has 6 heteroatoms. The summed E-state index contributed by atoms with van der Waals surface area (Å²) < 4.78 is 13.7. The Labute approximate surface area is 164 Å². The molecule has 2 heterocycles. The molecule has 2 aromatic carbocycles. The van der Waals surface area contributed by atoms with Crippen LogP contribution in [0.5, 0.6) is 0 Å². The molecule has 1 atom stereocenters. The summed E-state index contributed by atoms with van der Waals surface area (Å²) in [7, 11) is 1.94. The number of hydrogen-bond donors (Lipinski definition) is 0. The van der Waals surface area contributed by atoms with E-state index in [2.05, 4.69) is 4.90 Å². The molecule has 28 heavy (non-hydrogen) atoms. The lowest BCUT2D eigenvalue weighted by molar-refractivity contribution is -0.130. The Morgan fingerprint density at radius 3 is 2.64 bits per heavy atom. The van der Waals surface area contributed by atoms with Gasteiger partial charge in [-0.15, -0.1) is 0 Å². The third-order valence-corrected chi connectivity index (χ3v) is 5.94. The molecule has 5 nitrogen and oxygen atoms in total. The monoisotopic (exact) mass is 381 g/mol. The highest BCUT2D eigenvalue weighted by atomic mass is 19.1. The van der Waals surface area contributed by atoms with Gasteiger partial charge in [-0.2, -0.15) is 0 Å². The molecule has 4 rings (SSSR count). The second kappa shape index (κ2) is 7.36. The molecule has 0 aliphatic carbocycles. The van der Waals surface area contributed by atoms with Gasteiger partial charge in [-0.05, 0) is 37.2 Å². The van der Waals surface area contributed by atoms with Gasteiger partial charge in [0.1, 0.15) is 5.82 Å². The van der Waals surface area contributed by atoms with E-state index in [1.807, 2.05) is 42.3 Å². The fourth-order valence-corrected chi connectivity index (χ4v) is 4.23. The predicted molar refractivity (Wildman–Crippen MR) is 105 cm³/mol. The number of amides is 2. The van der Waals surface area contributed by atoms with Crippen molar-refractivity contribution < 1.29 is 14.0 Å². The first-order valence-corrected chi connectivity index (χ1v) is 9.56. The summed E-state index contributed by atoms with van der Waals surface area (Å²) in [6, 6.07) is 15.9. The van der Waals surface area contributed by atoms with Gasteiger partial charge in [-0.1, -0.05) is 36.4 Å². The number of halogens is 1. The van der Waals surface area contributed by atoms with Gasteiger partial charge in [0.2, 0.25) is 11.8 Å². The van der Waals surface area contributed by atoms with Crippen LogP contribution in [0.25, 0.3) is 0 Å².